The third-order valence-corrected chi connectivity index (χ3v) is 3.42. The van der Waals surface area contributed by atoms with E-state index in [0.717, 1.165) is 18.2 Å². The molecule has 1 saturated carbocycles. The van der Waals surface area contributed by atoms with Gasteiger partial charge in [-0.25, -0.2) is 4.68 Å². The summed E-state index contributed by atoms with van der Waals surface area (Å²) in [6, 6.07) is 0.627. The second-order valence-corrected chi connectivity index (χ2v) is 5.05. The van der Waals surface area contributed by atoms with Gasteiger partial charge in [-0.2, -0.15) is 0 Å². The topological polar surface area (TPSA) is 63.0 Å². The molecule has 17 heavy (non-hydrogen) atoms. The molecule has 2 atom stereocenters. The largest absolute Gasteiger partial charge is 0.394 e. The van der Waals surface area contributed by atoms with Crippen LogP contribution in [0.2, 0.25) is 0 Å². The fourth-order valence-electron chi connectivity index (χ4n) is 2.50. The zero-order valence-electron chi connectivity index (χ0n) is 10.5. The number of aliphatic hydroxyl groups is 1. The van der Waals surface area contributed by atoms with Crippen LogP contribution in [0.25, 0.3) is 0 Å². The van der Waals surface area contributed by atoms with Gasteiger partial charge in [-0.05, 0) is 18.8 Å². The van der Waals surface area contributed by atoms with E-state index in [9.17, 15) is 0 Å². The van der Waals surface area contributed by atoms with Crippen LogP contribution in [0.1, 0.15) is 38.3 Å². The summed E-state index contributed by atoms with van der Waals surface area (Å²) in [5.74, 6) is 0.839. The SMILES string of the molecule is CC1CCCC(NCc2cn(CCO)nn2)C1. The molecular formula is C12H22N4O. The monoisotopic (exact) mass is 238 g/mol. The zero-order chi connectivity index (χ0) is 12.1. The first-order valence-electron chi connectivity index (χ1n) is 6.51. The lowest BCUT2D eigenvalue weighted by Gasteiger charge is -2.27. The lowest BCUT2D eigenvalue weighted by molar-refractivity contribution is 0.268. The summed E-state index contributed by atoms with van der Waals surface area (Å²) in [5.41, 5.74) is 0.955. The number of nitrogens with one attached hydrogen (secondary N) is 1. The molecule has 1 aromatic heterocycles. The molecule has 1 fully saturated rings. The number of nitrogens with zero attached hydrogens (tertiary/aromatic N) is 3. The van der Waals surface area contributed by atoms with Crippen molar-refractivity contribution in [2.45, 2.75) is 51.7 Å². The maximum atomic E-state index is 8.79. The third kappa shape index (κ3) is 3.78. The van der Waals surface area contributed by atoms with Gasteiger partial charge in [-0.1, -0.05) is 25.0 Å². The summed E-state index contributed by atoms with van der Waals surface area (Å²) in [4.78, 5) is 0. The highest BCUT2D eigenvalue weighted by atomic mass is 16.3. The highest BCUT2D eigenvalue weighted by Crippen LogP contribution is 2.23. The summed E-state index contributed by atoms with van der Waals surface area (Å²) in [5, 5.41) is 20.4. The van der Waals surface area contributed by atoms with Crippen molar-refractivity contribution in [1.29, 1.82) is 0 Å². The van der Waals surface area contributed by atoms with E-state index in [1.54, 1.807) is 4.68 Å². The van der Waals surface area contributed by atoms with Crippen molar-refractivity contribution in [3.05, 3.63) is 11.9 Å². The van der Waals surface area contributed by atoms with E-state index in [1.807, 2.05) is 6.20 Å². The predicted molar refractivity (Wildman–Crippen MR) is 65.4 cm³/mol. The standard InChI is InChI=1S/C12H22N4O/c1-10-3-2-4-11(7-10)13-8-12-9-16(5-6-17)15-14-12/h9-11,13,17H,2-8H2,1H3. The van der Waals surface area contributed by atoms with Crippen molar-refractivity contribution in [3.63, 3.8) is 0 Å². The van der Waals surface area contributed by atoms with E-state index in [1.165, 1.54) is 25.7 Å². The molecule has 96 valence electrons. The minimum atomic E-state index is 0.108. The highest BCUT2D eigenvalue weighted by Gasteiger charge is 2.18. The third-order valence-electron chi connectivity index (χ3n) is 3.42. The van der Waals surface area contributed by atoms with Gasteiger partial charge in [0.25, 0.3) is 0 Å². The number of rotatable bonds is 5. The number of hydrogen-bond donors (Lipinski definition) is 2. The summed E-state index contributed by atoms with van der Waals surface area (Å²) in [6.45, 7) is 3.73. The lowest BCUT2D eigenvalue weighted by Crippen LogP contribution is -2.33. The van der Waals surface area contributed by atoms with Crippen LogP contribution >= 0.6 is 0 Å². The van der Waals surface area contributed by atoms with Crippen molar-refractivity contribution in [1.82, 2.24) is 20.3 Å². The fourth-order valence-corrected chi connectivity index (χ4v) is 2.50. The Morgan fingerprint density at radius 3 is 3.18 bits per heavy atom. The van der Waals surface area contributed by atoms with Crippen molar-refractivity contribution < 1.29 is 5.11 Å². The van der Waals surface area contributed by atoms with Crippen LogP contribution in [0.3, 0.4) is 0 Å². The van der Waals surface area contributed by atoms with E-state index in [-0.39, 0.29) is 6.61 Å². The predicted octanol–water partition coefficient (Wildman–Crippen LogP) is 0.939. The second kappa shape index (κ2) is 6.12. The van der Waals surface area contributed by atoms with E-state index >= 15 is 0 Å². The molecule has 2 unspecified atom stereocenters. The Morgan fingerprint density at radius 1 is 1.53 bits per heavy atom. The molecule has 0 aromatic carbocycles. The minimum absolute atomic E-state index is 0.108. The van der Waals surface area contributed by atoms with Gasteiger partial charge in [-0.15, -0.1) is 5.10 Å². The van der Waals surface area contributed by atoms with Crippen LogP contribution in [0, 0.1) is 5.92 Å². The maximum absolute atomic E-state index is 8.79. The van der Waals surface area contributed by atoms with E-state index < -0.39 is 0 Å². The van der Waals surface area contributed by atoms with Crippen LogP contribution in [-0.4, -0.2) is 32.7 Å². The molecule has 5 nitrogen and oxygen atoms in total. The molecule has 2 N–H and O–H groups in total. The first-order valence-corrected chi connectivity index (χ1v) is 6.51. The summed E-state index contributed by atoms with van der Waals surface area (Å²) in [7, 11) is 0. The van der Waals surface area contributed by atoms with Crippen LogP contribution in [0.5, 0.6) is 0 Å². The summed E-state index contributed by atoms with van der Waals surface area (Å²) in [6.07, 6.45) is 7.14. The Labute approximate surface area is 102 Å². The molecule has 1 aliphatic rings. The molecule has 0 bridgehead atoms. The molecule has 0 amide bonds. The van der Waals surface area contributed by atoms with E-state index in [4.69, 9.17) is 5.11 Å². The highest BCUT2D eigenvalue weighted by molar-refractivity contribution is 4.92. The Kier molecular flexibility index (Phi) is 4.50. The molecule has 0 saturated heterocycles. The molecule has 1 aliphatic carbocycles. The van der Waals surface area contributed by atoms with Crippen molar-refractivity contribution in [2.75, 3.05) is 6.61 Å². The number of aliphatic hydroxyl groups excluding tert-OH is 1. The van der Waals surface area contributed by atoms with Crippen LogP contribution < -0.4 is 5.32 Å². The fraction of sp³-hybridized carbons (Fsp3) is 0.833. The van der Waals surface area contributed by atoms with E-state index in [2.05, 4.69) is 22.6 Å². The van der Waals surface area contributed by atoms with Gasteiger partial charge in [0, 0.05) is 18.8 Å². The molecule has 0 aliphatic heterocycles. The Hall–Kier alpha value is -0.940. The minimum Gasteiger partial charge on any atom is -0.394 e. The van der Waals surface area contributed by atoms with Crippen LogP contribution in [0.4, 0.5) is 0 Å². The summed E-state index contributed by atoms with van der Waals surface area (Å²) >= 11 is 0. The zero-order valence-corrected chi connectivity index (χ0v) is 10.5. The van der Waals surface area contributed by atoms with Gasteiger partial charge in [0.1, 0.15) is 0 Å². The van der Waals surface area contributed by atoms with Gasteiger partial charge >= 0.3 is 0 Å². The van der Waals surface area contributed by atoms with Crippen molar-refractivity contribution in [2.24, 2.45) is 5.92 Å². The first-order chi connectivity index (χ1) is 8.28. The van der Waals surface area contributed by atoms with Crippen molar-refractivity contribution >= 4 is 0 Å². The van der Waals surface area contributed by atoms with Gasteiger partial charge in [0.15, 0.2) is 0 Å². The number of hydrogen-bond acceptors (Lipinski definition) is 4. The van der Waals surface area contributed by atoms with Gasteiger partial charge in [0.05, 0.1) is 18.8 Å². The molecule has 0 radical (unpaired) electrons. The average Bonchev–Trinajstić information content (AvgIpc) is 2.75. The van der Waals surface area contributed by atoms with Crippen LogP contribution in [0.15, 0.2) is 6.20 Å². The van der Waals surface area contributed by atoms with Crippen LogP contribution in [-0.2, 0) is 13.1 Å². The molecule has 0 spiro atoms. The normalized spacial score (nSPS) is 25.1. The molecular weight excluding hydrogens is 216 g/mol. The molecule has 5 heteroatoms. The van der Waals surface area contributed by atoms with Crippen molar-refractivity contribution in [3.8, 4) is 0 Å². The van der Waals surface area contributed by atoms with Gasteiger partial charge in [-0.3, -0.25) is 0 Å². The lowest BCUT2D eigenvalue weighted by atomic mass is 9.87. The molecule has 1 heterocycles. The maximum Gasteiger partial charge on any atom is 0.0964 e. The Balaban J connectivity index is 1.76. The van der Waals surface area contributed by atoms with E-state index in [0.29, 0.717) is 12.6 Å². The second-order valence-electron chi connectivity index (χ2n) is 5.05. The smallest absolute Gasteiger partial charge is 0.0964 e. The molecule has 1 aromatic rings. The molecule has 2 rings (SSSR count). The Bertz CT molecular complexity index is 339. The Morgan fingerprint density at radius 2 is 2.41 bits per heavy atom. The average molecular weight is 238 g/mol. The van der Waals surface area contributed by atoms with Gasteiger partial charge < -0.3 is 10.4 Å². The first kappa shape index (κ1) is 12.5. The quantitative estimate of drug-likeness (QED) is 0.801. The number of aromatic nitrogens is 3. The summed E-state index contributed by atoms with van der Waals surface area (Å²) < 4.78 is 1.68. The van der Waals surface area contributed by atoms with Gasteiger partial charge in [0.2, 0.25) is 0 Å².